The fourth-order valence-electron chi connectivity index (χ4n) is 3.50. The molecule has 9 nitrogen and oxygen atoms in total. The zero-order valence-electron chi connectivity index (χ0n) is 18.3. The number of ether oxygens (including phenoxy) is 1. The van der Waals surface area contributed by atoms with E-state index in [-0.39, 0.29) is 18.0 Å². The number of anilines is 2. The number of hydrogen-bond acceptors (Lipinski definition) is 6. The molecule has 1 fully saturated rings. The van der Waals surface area contributed by atoms with Crippen LogP contribution >= 0.6 is 0 Å². The Morgan fingerprint density at radius 1 is 0.970 bits per heavy atom. The van der Waals surface area contributed by atoms with E-state index >= 15 is 0 Å². The summed E-state index contributed by atoms with van der Waals surface area (Å²) in [6.45, 7) is 1.25. The third-order valence-corrected chi connectivity index (χ3v) is 5.22. The molecule has 1 unspecified atom stereocenters. The number of carbonyl (C=O) groups excluding carboxylic acids is 2. The van der Waals surface area contributed by atoms with Gasteiger partial charge in [-0.2, -0.15) is 0 Å². The zero-order valence-corrected chi connectivity index (χ0v) is 18.3. The molecule has 1 aliphatic rings. The lowest BCUT2D eigenvalue weighted by molar-refractivity contribution is -0.116. The standard InChI is InChI=1S/C24H27N5O4/c30-21(9-4-10-22-28-29-23(33-22)17-6-2-1-3-7-17)26-18-11-13-19(14-12-18)27-24(31)25-16-20-8-5-15-32-20/h1-3,6-7,11-14,20H,4-5,8-10,15-16H2,(H,26,30)(H2,25,27,31). The molecule has 1 aromatic heterocycles. The Balaban J connectivity index is 1.16. The van der Waals surface area contributed by atoms with Crippen LogP contribution in [0.4, 0.5) is 16.2 Å². The van der Waals surface area contributed by atoms with E-state index in [0.29, 0.717) is 49.0 Å². The van der Waals surface area contributed by atoms with Gasteiger partial charge in [0.05, 0.1) is 6.10 Å². The van der Waals surface area contributed by atoms with Gasteiger partial charge in [0, 0.05) is 42.9 Å². The first-order valence-corrected chi connectivity index (χ1v) is 11.1. The molecule has 3 amide bonds. The van der Waals surface area contributed by atoms with E-state index < -0.39 is 0 Å². The lowest BCUT2D eigenvalue weighted by Crippen LogP contribution is -2.35. The number of hydrogen-bond donors (Lipinski definition) is 3. The molecule has 3 aromatic rings. The number of benzene rings is 2. The molecule has 0 aliphatic carbocycles. The van der Waals surface area contributed by atoms with Crippen molar-refractivity contribution in [3.63, 3.8) is 0 Å². The van der Waals surface area contributed by atoms with Crippen LogP contribution in [-0.2, 0) is 16.0 Å². The minimum atomic E-state index is -0.279. The normalized spacial score (nSPS) is 15.2. The summed E-state index contributed by atoms with van der Waals surface area (Å²) in [7, 11) is 0. The van der Waals surface area contributed by atoms with Crippen LogP contribution < -0.4 is 16.0 Å². The summed E-state index contributed by atoms with van der Waals surface area (Å²) in [5.41, 5.74) is 2.17. The van der Waals surface area contributed by atoms with Crippen molar-refractivity contribution in [1.82, 2.24) is 15.5 Å². The summed E-state index contributed by atoms with van der Waals surface area (Å²) in [6.07, 6.45) is 3.54. The molecule has 0 saturated carbocycles. The molecule has 172 valence electrons. The highest BCUT2D eigenvalue weighted by atomic mass is 16.5. The van der Waals surface area contributed by atoms with Crippen molar-refractivity contribution in [2.75, 3.05) is 23.8 Å². The zero-order chi connectivity index (χ0) is 22.9. The van der Waals surface area contributed by atoms with Crippen LogP contribution in [0, 0.1) is 0 Å². The molecule has 1 atom stereocenters. The fraction of sp³-hybridized carbons (Fsp3) is 0.333. The van der Waals surface area contributed by atoms with E-state index in [9.17, 15) is 9.59 Å². The third-order valence-electron chi connectivity index (χ3n) is 5.22. The second-order valence-corrected chi connectivity index (χ2v) is 7.82. The van der Waals surface area contributed by atoms with E-state index in [0.717, 1.165) is 25.0 Å². The van der Waals surface area contributed by atoms with Gasteiger partial charge in [0.2, 0.25) is 17.7 Å². The van der Waals surface area contributed by atoms with Crippen LogP contribution in [0.3, 0.4) is 0 Å². The second kappa shape index (κ2) is 11.2. The highest BCUT2D eigenvalue weighted by molar-refractivity contribution is 5.92. The smallest absolute Gasteiger partial charge is 0.319 e. The number of urea groups is 1. The molecule has 2 aromatic carbocycles. The average molecular weight is 450 g/mol. The Morgan fingerprint density at radius 3 is 2.45 bits per heavy atom. The number of aryl methyl sites for hydroxylation is 1. The molecule has 0 spiro atoms. The van der Waals surface area contributed by atoms with Gasteiger partial charge >= 0.3 is 6.03 Å². The molecule has 0 radical (unpaired) electrons. The fourth-order valence-corrected chi connectivity index (χ4v) is 3.50. The van der Waals surface area contributed by atoms with Gasteiger partial charge in [-0.25, -0.2) is 4.79 Å². The van der Waals surface area contributed by atoms with Crippen LogP contribution in [0.25, 0.3) is 11.5 Å². The SMILES string of the molecule is O=C(CCCc1nnc(-c2ccccc2)o1)Nc1ccc(NC(=O)NCC2CCCO2)cc1. The summed E-state index contributed by atoms with van der Waals surface area (Å²) < 4.78 is 11.1. The van der Waals surface area contributed by atoms with Crippen LogP contribution in [-0.4, -0.2) is 41.4 Å². The number of nitrogens with one attached hydrogen (secondary N) is 3. The largest absolute Gasteiger partial charge is 0.421 e. The lowest BCUT2D eigenvalue weighted by atomic mass is 10.2. The summed E-state index contributed by atoms with van der Waals surface area (Å²) >= 11 is 0. The molecule has 3 N–H and O–H groups in total. The van der Waals surface area contributed by atoms with Crippen molar-refractivity contribution < 1.29 is 18.7 Å². The second-order valence-electron chi connectivity index (χ2n) is 7.82. The first kappa shape index (κ1) is 22.5. The summed E-state index contributed by atoms with van der Waals surface area (Å²) in [6, 6.07) is 16.3. The minimum absolute atomic E-state index is 0.0964. The number of amides is 3. The van der Waals surface area contributed by atoms with Crippen molar-refractivity contribution in [2.45, 2.75) is 38.2 Å². The maximum Gasteiger partial charge on any atom is 0.319 e. The van der Waals surface area contributed by atoms with Gasteiger partial charge in [-0.1, -0.05) is 18.2 Å². The predicted molar refractivity (Wildman–Crippen MR) is 124 cm³/mol. The van der Waals surface area contributed by atoms with Crippen LogP contribution in [0.1, 0.15) is 31.6 Å². The molecular formula is C24H27N5O4. The Labute approximate surface area is 191 Å². The minimum Gasteiger partial charge on any atom is -0.421 e. The Morgan fingerprint density at radius 2 is 1.73 bits per heavy atom. The Kier molecular flexibility index (Phi) is 7.65. The Hall–Kier alpha value is -3.72. The number of nitrogens with zero attached hydrogens (tertiary/aromatic N) is 2. The van der Waals surface area contributed by atoms with Gasteiger partial charge in [-0.15, -0.1) is 10.2 Å². The molecule has 1 saturated heterocycles. The maximum atomic E-state index is 12.2. The van der Waals surface area contributed by atoms with Crippen molar-refractivity contribution in [1.29, 1.82) is 0 Å². The molecule has 9 heteroatoms. The third kappa shape index (κ3) is 6.88. The quantitative estimate of drug-likeness (QED) is 0.454. The highest BCUT2D eigenvalue weighted by Gasteiger charge is 2.16. The predicted octanol–water partition coefficient (Wildman–Crippen LogP) is 4.00. The van der Waals surface area contributed by atoms with Crippen molar-refractivity contribution >= 4 is 23.3 Å². The van der Waals surface area contributed by atoms with Crippen LogP contribution in [0.15, 0.2) is 59.0 Å². The molecule has 2 heterocycles. The van der Waals surface area contributed by atoms with Crippen molar-refractivity contribution in [3.8, 4) is 11.5 Å². The van der Waals surface area contributed by atoms with E-state index in [4.69, 9.17) is 9.15 Å². The molecule has 4 rings (SSSR count). The van der Waals surface area contributed by atoms with Crippen LogP contribution in [0.5, 0.6) is 0 Å². The van der Waals surface area contributed by atoms with Gasteiger partial charge in [0.15, 0.2) is 0 Å². The lowest BCUT2D eigenvalue weighted by Gasteiger charge is -2.12. The van der Waals surface area contributed by atoms with Crippen LogP contribution in [0.2, 0.25) is 0 Å². The van der Waals surface area contributed by atoms with Crippen molar-refractivity contribution in [2.24, 2.45) is 0 Å². The molecule has 1 aliphatic heterocycles. The van der Waals surface area contributed by atoms with Gasteiger partial charge in [0.1, 0.15) is 0 Å². The summed E-state index contributed by atoms with van der Waals surface area (Å²) in [4.78, 5) is 24.2. The van der Waals surface area contributed by atoms with E-state index in [1.807, 2.05) is 30.3 Å². The number of aromatic nitrogens is 2. The van der Waals surface area contributed by atoms with E-state index in [1.165, 1.54) is 0 Å². The molecular weight excluding hydrogens is 422 g/mol. The van der Waals surface area contributed by atoms with E-state index in [2.05, 4.69) is 26.1 Å². The monoisotopic (exact) mass is 449 g/mol. The van der Waals surface area contributed by atoms with Gasteiger partial charge in [0.25, 0.3) is 0 Å². The summed E-state index contributed by atoms with van der Waals surface area (Å²) in [5, 5.41) is 16.5. The highest BCUT2D eigenvalue weighted by Crippen LogP contribution is 2.18. The first-order chi connectivity index (χ1) is 16.2. The topological polar surface area (TPSA) is 118 Å². The van der Waals surface area contributed by atoms with E-state index in [1.54, 1.807) is 24.3 Å². The van der Waals surface area contributed by atoms with Gasteiger partial charge in [-0.05, 0) is 55.7 Å². The van der Waals surface area contributed by atoms with Crippen molar-refractivity contribution in [3.05, 3.63) is 60.5 Å². The molecule has 33 heavy (non-hydrogen) atoms. The number of carbonyl (C=O) groups is 2. The Bertz CT molecular complexity index is 1050. The average Bonchev–Trinajstić information content (AvgIpc) is 3.52. The maximum absolute atomic E-state index is 12.2. The first-order valence-electron chi connectivity index (χ1n) is 11.1. The van der Waals surface area contributed by atoms with Gasteiger partial charge in [-0.3, -0.25) is 4.79 Å². The molecule has 0 bridgehead atoms. The van der Waals surface area contributed by atoms with Gasteiger partial charge < -0.3 is 25.1 Å². The summed E-state index contributed by atoms with van der Waals surface area (Å²) in [5.74, 6) is 0.881. The number of rotatable bonds is 9.